The molecule has 5 nitrogen and oxygen atoms in total. The smallest absolute Gasteiger partial charge is 0.222 e. The fraction of sp³-hybridized carbons (Fsp3) is 0.200. The molecule has 2 atom stereocenters. The van der Waals surface area contributed by atoms with Crippen LogP contribution >= 0.6 is 11.3 Å². The minimum atomic E-state index is -0.319. The van der Waals surface area contributed by atoms with E-state index in [4.69, 9.17) is 0 Å². The Morgan fingerprint density at radius 3 is 2.52 bits per heavy atom. The van der Waals surface area contributed by atoms with Crippen molar-refractivity contribution in [2.75, 3.05) is 6.54 Å². The fourth-order valence-corrected chi connectivity index (χ4v) is 4.68. The van der Waals surface area contributed by atoms with Crippen molar-refractivity contribution >= 4 is 34.1 Å². The number of H-pyrrole nitrogens is 1. The van der Waals surface area contributed by atoms with E-state index in [9.17, 15) is 9.59 Å². The van der Waals surface area contributed by atoms with Crippen LogP contribution in [0.1, 0.15) is 41.3 Å². The largest absolute Gasteiger partial charge is 0.361 e. The number of amides is 2. The zero-order chi connectivity index (χ0) is 21.6. The first-order valence-corrected chi connectivity index (χ1v) is 11.2. The Labute approximate surface area is 185 Å². The SMILES string of the molecule is CC(=O)N[C@H](CC(=O)NC[C@@H](c1ccccc1)c1c[nH]c2ccccc12)c1cccs1. The molecule has 0 aliphatic heterocycles. The summed E-state index contributed by atoms with van der Waals surface area (Å²) in [6.07, 6.45) is 2.23. The molecule has 0 saturated carbocycles. The average Bonchev–Trinajstić information content (AvgIpc) is 3.45. The van der Waals surface area contributed by atoms with Crippen molar-refractivity contribution in [3.05, 3.63) is 94.3 Å². The average molecular weight is 432 g/mol. The van der Waals surface area contributed by atoms with Crippen LogP contribution in [0.15, 0.2) is 78.3 Å². The number of aromatic nitrogens is 1. The molecule has 0 aliphatic carbocycles. The van der Waals surface area contributed by atoms with Gasteiger partial charge in [-0.15, -0.1) is 11.3 Å². The number of carbonyl (C=O) groups is 2. The van der Waals surface area contributed by atoms with Crippen molar-refractivity contribution < 1.29 is 9.59 Å². The minimum absolute atomic E-state index is 0.0160. The second-order valence-electron chi connectivity index (χ2n) is 7.53. The van der Waals surface area contributed by atoms with E-state index in [-0.39, 0.29) is 30.2 Å². The van der Waals surface area contributed by atoms with Crippen molar-refractivity contribution in [1.29, 1.82) is 0 Å². The monoisotopic (exact) mass is 431 g/mol. The number of hydrogen-bond donors (Lipinski definition) is 3. The van der Waals surface area contributed by atoms with Gasteiger partial charge in [-0.2, -0.15) is 0 Å². The molecule has 0 fully saturated rings. The quantitative estimate of drug-likeness (QED) is 0.377. The second-order valence-corrected chi connectivity index (χ2v) is 8.51. The highest BCUT2D eigenvalue weighted by Crippen LogP contribution is 2.30. The number of benzene rings is 2. The Bertz CT molecular complexity index is 1150. The third-order valence-electron chi connectivity index (χ3n) is 5.36. The van der Waals surface area contributed by atoms with Gasteiger partial charge >= 0.3 is 0 Å². The summed E-state index contributed by atoms with van der Waals surface area (Å²) in [6, 6.07) is 21.9. The Balaban J connectivity index is 1.52. The number of carbonyl (C=O) groups excluding carboxylic acids is 2. The van der Waals surface area contributed by atoms with Gasteiger partial charge in [-0.1, -0.05) is 54.6 Å². The lowest BCUT2D eigenvalue weighted by Gasteiger charge is -2.20. The van der Waals surface area contributed by atoms with Gasteiger partial charge < -0.3 is 15.6 Å². The Kier molecular flexibility index (Phi) is 6.48. The van der Waals surface area contributed by atoms with Crippen LogP contribution in [-0.4, -0.2) is 23.3 Å². The summed E-state index contributed by atoms with van der Waals surface area (Å²) in [5, 5.41) is 9.09. The predicted octanol–water partition coefficient (Wildman–Crippen LogP) is 4.75. The summed E-state index contributed by atoms with van der Waals surface area (Å²) < 4.78 is 0. The van der Waals surface area contributed by atoms with Gasteiger partial charge in [-0.3, -0.25) is 9.59 Å². The Morgan fingerprint density at radius 1 is 1.00 bits per heavy atom. The molecule has 0 unspecified atom stereocenters. The molecular formula is C25H25N3O2S. The topological polar surface area (TPSA) is 74.0 Å². The highest BCUT2D eigenvalue weighted by molar-refractivity contribution is 7.10. The van der Waals surface area contributed by atoms with E-state index in [1.165, 1.54) is 18.3 Å². The predicted molar refractivity (Wildman–Crippen MR) is 125 cm³/mol. The van der Waals surface area contributed by atoms with Crippen molar-refractivity contribution in [3.63, 3.8) is 0 Å². The second kappa shape index (κ2) is 9.62. The number of aromatic amines is 1. The van der Waals surface area contributed by atoms with Gasteiger partial charge in [0.1, 0.15) is 0 Å². The molecule has 2 amide bonds. The first-order valence-electron chi connectivity index (χ1n) is 10.3. The van der Waals surface area contributed by atoms with Crippen molar-refractivity contribution in [3.8, 4) is 0 Å². The zero-order valence-electron chi connectivity index (χ0n) is 17.3. The third kappa shape index (κ3) is 5.03. The molecular weight excluding hydrogens is 406 g/mol. The molecule has 0 aliphatic rings. The third-order valence-corrected chi connectivity index (χ3v) is 6.34. The lowest BCUT2D eigenvalue weighted by Crippen LogP contribution is -2.34. The molecule has 6 heteroatoms. The van der Waals surface area contributed by atoms with Crippen LogP contribution in [0.2, 0.25) is 0 Å². The fourth-order valence-electron chi connectivity index (χ4n) is 3.91. The van der Waals surface area contributed by atoms with Gasteiger partial charge in [0, 0.05) is 41.4 Å². The van der Waals surface area contributed by atoms with Gasteiger partial charge in [0.15, 0.2) is 0 Å². The van der Waals surface area contributed by atoms with E-state index in [2.05, 4.69) is 39.9 Å². The molecule has 158 valence electrons. The number of hydrogen-bond acceptors (Lipinski definition) is 3. The lowest BCUT2D eigenvalue weighted by molar-refractivity contribution is -0.122. The van der Waals surface area contributed by atoms with Crippen LogP contribution in [-0.2, 0) is 9.59 Å². The maximum Gasteiger partial charge on any atom is 0.222 e. The Morgan fingerprint density at radius 2 is 1.77 bits per heavy atom. The van der Waals surface area contributed by atoms with Crippen molar-refractivity contribution in [2.45, 2.75) is 25.3 Å². The maximum atomic E-state index is 12.8. The standard InChI is InChI=1S/C25H25N3O2S/c1-17(29)28-23(24-12-7-13-31-24)14-25(30)27-15-20(18-8-3-2-4-9-18)21-16-26-22-11-6-5-10-19(21)22/h2-13,16,20,23,26H,14-15H2,1H3,(H,27,30)(H,28,29)/t20-,23+/m0/s1. The van der Waals surface area contributed by atoms with Crippen molar-refractivity contribution in [2.24, 2.45) is 0 Å². The number of para-hydroxylation sites is 1. The normalized spacial score (nSPS) is 12.9. The van der Waals surface area contributed by atoms with Gasteiger partial charge in [-0.05, 0) is 28.6 Å². The molecule has 4 aromatic rings. The van der Waals surface area contributed by atoms with Gasteiger partial charge in [0.25, 0.3) is 0 Å². The van der Waals surface area contributed by atoms with E-state index < -0.39 is 0 Å². The molecule has 2 aromatic heterocycles. The summed E-state index contributed by atoms with van der Waals surface area (Å²) in [6.45, 7) is 1.95. The lowest BCUT2D eigenvalue weighted by atomic mass is 9.91. The molecule has 0 bridgehead atoms. The van der Waals surface area contributed by atoms with E-state index in [0.717, 1.165) is 26.9 Å². The molecule has 3 N–H and O–H groups in total. The summed E-state index contributed by atoms with van der Waals surface area (Å²) >= 11 is 1.54. The number of thiophene rings is 1. The highest BCUT2D eigenvalue weighted by atomic mass is 32.1. The molecule has 0 radical (unpaired) electrons. The summed E-state index contributed by atoms with van der Waals surface area (Å²) in [5.41, 5.74) is 3.37. The number of rotatable bonds is 8. The van der Waals surface area contributed by atoms with E-state index >= 15 is 0 Å². The number of nitrogens with one attached hydrogen (secondary N) is 3. The molecule has 4 rings (SSSR count). The first-order chi connectivity index (χ1) is 15.1. The zero-order valence-corrected chi connectivity index (χ0v) is 18.1. The van der Waals surface area contributed by atoms with Gasteiger partial charge in [0.05, 0.1) is 12.5 Å². The minimum Gasteiger partial charge on any atom is -0.361 e. The number of fused-ring (bicyclic) bond motifs is 1. The highest BCUT2D eigenvalue weighted by Gasteiger charge is 2.21. The van der Waals surface area contributed by atoms with Crippen LogP contribution in [0.3, 0.4) is 0 Å². The van der Waals surface area contributed by atoms with Gasteiger partial charge in [0.2, 0.25) is 11.8 Å². The summed E-state index contributed by atoms with van der Waals surface area (Å²) in [7, 11) is 0. The molecule has 0 saturated heterocycles. The van der Waals surface area contributed by atoms with Crippen molar-refractivity contribution in [1.82, 2.24) is 15.6 Å². The molecule has 2 heterocycles. The molecule has 2 aromatic carbocycles. The van der Waals surface area contributed by atoms with E-state index in [1.807, 2.05) is 54.0 Å². The van der Waals surface area contributed by atoms with E-state index in [1.54, 1.807) is 0 Å². The summed E-state index contributed by atoms with van der Waals surface area (Å²) in [4.78, 5) is 28.8. The van der Waals surface area contributed by atoms with Crippen LogP contribution < -0.4 is 10.6 Å². The van der Waals surface area contributed by atoms with Crippen LogP contribution in [0.4, 0.5) is 0 Å². The van der Waals surface area contributed by atoms with Crippen LogP contribution in [0, 0.1) is 0 Å². The van der Waals surface area contributed by atoms with Crippen LogP contribution in [0.25, 0.3) is 10.9 Å². The summed E-state index contributed by atoms with van der Waals surface area (Å²) in [5.74, 6) is -0.220. The van der Waals surface area contributed by atoms with Gasteiger partial charge in [-0.25, -0.2) is 0 Å². The van der Waals surface area contributed by atoms with Crippen LogP contribution in [0.5, 0.6) is 0 Å². The first kappa shape index (κ1) is 20.9. The van der Waals surface area contributed by atoms with E-state index in [0.29, 0.717) is 6.54 Å². The molecule has 31 heavy (non-hydrogen) atoms. The maximum absolute atomic E-state index is 12.8. The molecule has 0 spiro atoms. The Hall–Kier alpha value is -3.38.